The fraction of sp³-hybridized carbons (Fsp3) is 0.364. The molecule has 0 radical (unpaired) electrons. The summed E-state index contributed by atoms with van der Waals surface area (Å²) in [6, 6.07) is 10.4. The molecule has 0 bridgehead atoms. The molecule has 1 aliphatic rings. The molecule has 1 heterocycles. The summed E-state index contributed by atoms with van der Waals surface area (Å²) in [5.41, 5.74) is 2.50. The van der Waals surface area contributed by atoms with Crippen LogP contribution in [0.5, 0.6) is 11.5 Å². The molecule has 2 aromatic rings. The molecule has 6 heteroatoms. The predicted molar refractivity (Wildman–Crippen MR) is 112 cm³/mol. The minimum absolute atomic E-state index is 0.0117. The van der Waals surface area contributed by atoms with Crippen molar-refractivity contribution in [3.8, 4) is 11.5 Å². The number of phenolic OH excluding ortho intramolecular Hbond substituents is 2. The van der Waals surface area contributed by atoms with Crippen LogP contribution in [0.15, 0.2) is 36.4 Å². The molecule has 0 unspecified atom stereocenters. The van der Waals surface area contributed by atoms with Crippen molar-refractivity contribution in [2.24, 2.45) is 0 Å². The Bertz CT molecular complexity index is 885. The van der Waals surface area contributed by atoms with E-state index in [4.69, 9.17) is 5.41 Å². The van der Waals surface area contributed by atoms with Gasteiger partial charge in [0.2, 0.25) is 5.91 Å². The van der Waals surface area contributed by atoms with Crippen LogP contribution in [0.2, 0.25) is 0 Å². The van der Waals surface area contributed by atoms with Gasteiger partial charge >= 0.3 is 0 Å². The lowest BCUT2D eigenvalue weighted by Gasteiger charge is -2.25. The van der Waals surface area contributed by atoms with Crippen molar-refractivity contribution in [1.29, 1.82) is 5.41 Å². The van der Waals surface area contributed by atoms with E-state index in [2.05, 4.69) is 4.90 Å². The van der Waals surface area contributed by atoms with E-state index in [9.17, 15) is 15.0 Å². The summed E-state index contributed by atoms with van der Waals surface area (Å²) in [7, 11) is 0. The average molecular weight is 381 g/mol. The Balaban J connectivity index is 1.95. The molecule has 0 aliphatic carbocycles. The van der Waals surface area contributed by atoms with Crippen molar-refractivity contribution in [2.45, 2.75) is 39.5 Å². The van der Waals surface area contributed by atoms with E-state index in [1.807, 2.05) is 38.1 Å². The fourth-order valence-corrected chi connectivity index (χ4v) is 3.62. The zero-order valence-electron chi connectivity index (χ0n) is 16.6. The number of hydrogen-bond donors (Lipinski definition) is 3. The highest BCUT2D eigenvalue weighted by molar-refractivity contribution is 6.22. The molecule has 0 atom stereocenters. The van der Waals surface area contributed by atoms with Crippen LogP contribution in [0.1, 0.15) is 50.7 Å². The van der Waals surface area contributed by atoms with E-state index in [0.29, 0.717) is 11.3 Å². The number of amidine groups is 1. The monoisotopic (exact) mass is 381 g/mol. The molecular weight excluding hydrogens is 354 g/mol. The number of rotatable bonds is 4. The van der Waals surface area contributed by atoms with Gasteiger partial charge in [-0.1, -0.05) is 13.8 Å². The number of hydrogen-bond acceptors (Lipinski definition) is 5. The zero-order valence-corrected chi connectivity index (χ0v) is 16.6. The van der Waals surface area contributed by atoms with Crippen LogP contribution in [0.25, 0.3) is 0 Å². The second-order valence-corrected chi connectivity index (χ2v) is 7.50. The summed E-state index contributed by atoms with van der Waals surface area (Å²) in [5.74, 6) is -0.684. The molecule has 148 valence electrons. The maximum Gasteiger partial charge on any atom is 0.229 e. The normalized spacial score (nSPS) is 13.8. The van der Waals surface area contributed by atoms with Gasteiger partial charge in [-0.2, -0.15) is 0 Å². The van der Waals surface area contributed by atoms with Gasteiger partial charge < -0.3 is 15.1 Å². The van der Waals surface area contributed by atoms with Crippen LogP contribution in [-0.2, 0) is 4.79 Å². The SMILES string of the molecule is CC(=O)N(C(=N)c1cc(C(C)C)c(O)cc1O)c1ccc(N2CCCC2)cc1. The molecule has 1 amide bonds. The van der Waals surface area contributed by atoms with Crippen LogP contribution >= 0.6 is 0 Å². The van der Waals surface area contributed by atoms with Crippen LogP contribution in [-0.4, -0.2) is 35.0 Å². The molecule has 0 saturated carbocycles. The number of benzene rings is 2. The lowest BCUT2D eigenvalue weighted by Crippen LogP contribution is -2.35. The molecule has 2 aromatic carbocycles. The molecule has 0 spiro atoms. The molecular formula is C22H27N3O3. The van der Waals surface area contributed by atoms with Gasteiger partial charge in [0.1, 0.15) is 17.3 Å². The molecule has 6 nitrogen and oxygen atoms in total. The van der Waals surface area contributed by atoms with Gasteiger partial charge in [-0.05, 0) is 54.7 Å². The Kier molecular flexibility index (Phi) is 5.58. The first-order valence-corrected chi connectivity index (χ1v) is 9.60. The number of nitrogens with one attached hydrogen (secondary N) is 1. The number of anilines is 2. The van der Waals surface area contributed by atoms with Gasteiger partial charge in [-0.15, -0.1) is 0 Å². The van der Waals surface area contributed by atoms with E-state index in [0.717, 1.165) is 18.8 Å². The van der Waals surface area contributed by atoms with Crippen molar-refractivity contribution >= 4 is 23.1 Å². The first-order valence-electron chi connectivity index (χ1n) is 9.60. The van der Waals surface area contributed by atoms with Gasteiger partial charge in [-0.3, -0.25) is 15.1 Å². The summed E-state index contributed by atoms with van der Waals surface area (Å²) < 4.78 is 0. The molecule has 28 heavy (non-hydrogen) atoms. The average Bonchev–Trinajstić information content (AvgIpc) is 3.16. The third-order valence-corrected chi connectivity index (χ3v) is 5.14. The van der Waals surface area contributed by atoms with Crippen molar-refractivity contribution in [3.63, 3.8) is 0 Å². The highest BCUT2D eigenvalue weighted by atomic mass is 16.3. The lowest BCUT2D eigenvalue weighted by molar-refractivity contribution is -0.115. The molecule has 1 aliphatic heterocycles. The van der Waals surface area contributed by atoms with Crippen LogP contribution in [0, 0.1) is 5.41 Å². The number of carbonyl (C=O) groups is 1. The predicted octanol–water partition coefficient (Wildman–Crippen LogP) is 4.20. The molecule has 0 aromatic heterocycles. The van der Waals surface area contributed by atoms with Crippen LogP contribution in [0.4, 0.5) is 11.4 Å². The largest absolute Gasteiger partial charge is 0.508 e. The number of carbonyl (C=O) groups excluding carboxylic acids is 1. The Morgan fingerprint density at radius 2 is 1.68 bits per heavy atom. The van der Waals surface area contributed by atoms with Crippen LogP contribution < -0.4 is 9.80 Å². The highest BCUT2D eigenvalue weighted by Crippen LogP contribution is 2.34. The molecule has 1 fully saturated rings. The lowest BCUT2D eigenvalue weighted by atomic mass is 9.98. The van der Waals surface area contributed by atoms with Crippen molar-refractivity contribution in [3.05, 3.63) is 47.5 Å². The van der Waals surface area contributed by atoms with E-state index in [1.54, 1.807) is 6.07 Å². The topological polar surface area (TPSA) is 87.9 Å². The summed E-state index contributed by atoms with van der Waals surface area (Å²) in [6.45, 7) is 7.29. The van der Waals surface area contributed by atoms with E-state index < -0.39 is 0 Å². The third-order valence-electron chi connectivity index (χ3n) is 5.14. The number of aromatic hydroxyl groups is 2. The quantitative estimate of drug-likeness (QED) is 0.547. The summed E-state index contributed by atoms with van der Waals surface area (Å²) in [6.07, 6.45) is 2.37. The minimum Gasteiger partial charge on any atom is -0.508 e. The first-order chi connectivity index (χ1) is 13.3. The minimum atomic E-state index is -0.322. The molecule has 3 N–H and O–H groups in total. The Morgan fingerprint density at radius 1 is 1.07 bits per heavy atom. The second kappa shape index (κ2) is 7.92. The smallest absolute Gasteiger partial charge is 0.229 e. The van der Waals surface area contributed by atoms with Gasteiger partial charge in [0.15, 0.2) is 0 Å². The zero-order chi connectivity index (χ0) is 20.4. The van der Waals surface area contributed by atoms with Crippen molar-refractivity contribution in [2.75, 3.05) is 22.9 Å². The van der Waals surface area contributed by atoms with E-state index in [-0.39, 0.29) is 34.7 Å². The maximum atomic E-state index is 12.3. The summed E-state index contributed by atoms with van der Waals surface area (Å²) >= 11 is 0. The van der Waals surface area contributed by atoms with Gasteiger partial charge in [0.05, 0.1) is 11.3 Å². The molecule has 3 rings (SSSR count). The van der Waals surface area contributed by atoms with E-state index >= 15 is 0 Å². The van der Waals surface area contributed by atoms with Crippen molar-refractivity contribution in [1.82, 2.24) is 0 Å². The standard InChI is InChI=1S/C22H27N3O3/c1-14(2)18-12-19(21(28)13-20(18)27)22(23)25(15(3)26)17-8-6-16(7-9-17)24-10-4-5-11-24/h6-9,12-14,23,27-28H,4-5,10-11H2,1-3H3. The number of amides is 1. The number of nitrogens with zero attached hydrogens (tertiary/aromatic N) is 2. The summed E-state index contributed by atoms with van der Waals surface area (Å²) in [4.78, 5) is 15.9. The maximum absolute atomic E-state index is 12.3. The van der Waals surface area contributed by atoms with Gasteiger partial charge in [-0.25, -0.2) is 0 Å². The Labute approximate surface area is 165 Å². The van der Waals surface area contributed by atoms with Gasteiger partial charge in [0.25, 0.3) is 0 Å². The molecule has 1 saturated heterocycles. The second-order valence-electron chi connectivity index (χ2n) is 7.50. The fourth-order valence-electron chi connectivity index (χ4n) is 3.62. The van der Waals surface area contributed by atoms with E-state index in [1.165, 1.54) is 30.7 Å². The van der Waals surface area contributed by atoms with Crippen LogP contribution in [0.3, 0.4) is 0 Å². The summed E-state index contributed by atoms with van der Waals surface area (Å²) in [5, 5.41) is 28.9. The van der Waals surface area contributed by atoms with Gasteiger partial charge in [0, 0.05) is 31.8 Å². The first kappa shape index (κ1) is 19.7. The Morgan fingerprint density at radius 3 is 2.21 bits per heavy atom. The van der Waals surface area contributed by atoms with Crippen molar-refractivity contribution < 1.29 is 15.0 Å². The number of phenols is 2. The highest BCUT2D eigenvalue weighted by Gasteiger charge is 2.23. The third kappa shape index (κ3) is 3.81. The Hall–Kier alpha value is -3.02.